The van der Waals surface area contributed by atoms with E-state index in [4.69, 9.17) is 9.84 Å². The molecule has 0 aliphatic heterocycles. The highest BCUT2D eigenvalue weighted by atomic mass is 16.5. The molecular weight excluding hydrogens is 178 g/mol. The number of hydrogen-bond acceptors (Lipinski definition) is 3. The van der Waals surface area contributed by atoms with Gasteiger partial charge in [-0.3, -0.25) is 0 Å². The number of hydrogen-bond donors (Lipinski definition) is 2. The Morgan fingerprint density at radius 1 is 1.21 bits per heavy atom. The lowest BCUT2D eigenvalue weighted by Gasteiger charge is -2.15. The summed E-state index contributed by atoms with van der Waals surface area (Å²) >= 11 is 0. The van der Waals surface area contributed by atoms with Crippen molar-refractivity contribution in [2.45, 2.75) is 45.6 Å². The monoisotopic (exact) mass is 203 g/mol. The predicted molar refractivity (Wildman–Crippen MR) is 59.5 cm³/mol. The summed E-state index contributed by atoms with van der Waals surface area (Å²) in [7, 11) is 0. The van der Waals surface area contributed by atoms with Gasteiger partial charge in [-0.05, 0) is 19.4 Å². The van der Waals surface area contributed by atoms with Crippen LogP contribution in [0.3, 0.4) is 0 Å². The van der Waals surface area contributed by atoms with Crippen molar-refractivity contribution in [3.63, 3.8) is 0 Å². The Balaban J connectivity index is 3.24. The van der Waals surface area contributed by atoms with Gasteiger partial charge in [0.25, 0.3) is 0 Å². The molecule has 0 aromatic heterocycles. The maximum Gasteiger partial charge on any atom is 0.0642 e. The third kappa shape index (κ3) is 8.48. The third-order valence-electron chi connectivity index (χ3n) is 2.11. The summed E-state index contributed by atoms with van der Waals surface area (Å²) in [6, 6.07) is 0.108. The molecule has 0 heterocycles. The summed E-state index contributed by atoms with van der Waals surface area (Å²) in [4.78, 5) is 0. The summed E-state index contributed by atoms with van der Waals surface area (Å²) in [5, 5.41) is 12.2. The fourth-order valence-corrected chi connectivity index (χ4v) is 1.20. The maximum absolute atomic E-state index is 9.01. The van der Waals surface area contributed by atoms with Gasteiger partial charge in [0, 0.05) is 6.61 Å². The van der Waals surface area contributed by atoms with E-state index in [0.29, 0.717) is 6.61 Å². The lowest BCUT2D eigenvalue weighted by molar-refractivity contribution is 0.0864. The van der Waals surface area contributed by atoms with Crippen molar-refractivity contribution >= 4 is 0 Å². The van der Waals surface area contributed by atoms with Crippen LogP contribution in [-0.2, 0) is 4.74 Å². The fourth-order valence-electron chi connectivity index (χ4n) is 1.20. The average molecular weight is 203 g/mol. The molecule has 0 amide bonds. The summed E-state index contributed by atoms with van der Waals surface area (Å²) in [5.41, 5.74) is 0. The van der Waals surface area contributed by atoms with Crippen LogP contribution >= 0.6 is 0 Å². The van der Waals surface area contributed by atoms with Crippen LogP contribution in [0.1, 0.15) is 39.5 Å². The molecule has 1 unspecified atom stereocenters. The molecule has 2 N–H and O–H groups in total. The Kier molecular flexibility index (Phi) is 10.9. The molecule has 3 nitrogen and oxygen atoms in total. The number of aliphatic hydroxyl groups excluding tert-OH is 1. The van der Waals surface area contributed by atoms with E-state index in [2.05, 4.69) is 19.2 Å². The molecule has 0 radical (unpaired) electrons. The van der Waals surface area contributed by atoms with Crippen LogP contribution in [0.2, 0.25) is 0 Å². The minimum Gasteiger partial charge on any atom is -0.395 e. The maximum atomic E-state index is 9.01. The van der Waals surface area contributed by atoms with Crippen molar-refractivity contribution in [2.75, 3.05) is 26.4 Å². The zero-order valence-electron chi connectivity index (χ0n) is 9.59. The van der Waals surface area contributed by atoms with Crippen molar-refractivity contribution in [1.29, 1.82) is 0 Å². The molecular formula is C11H25NO2. The average Bonchev–Trinajstić information content (AvgIpc) is 2.22. The van der Waals surface area contributed by atoms with Crippen molar-refractivity contribution < 1.29 is 9.84 Å². The molecule has 0 aromatic rings. The van der Waals surface area contributed by atoms with E-state index in [1.54, 1.807) is 0 Å². The van der Waals surface area contributed by atoms with Gasteiger partial charge in [0.15, 0.2) is 0 Å². The first-order valence-corrected chi connectivity index (χ1v) is 5.77. The van der Waals surface area contributed by atoms with Crippen molar-refractivity contribution in [1.82, 2.24) is 5.32 Å². The van der Waals surface area contributed by atoms with E-state index in [9.17, 15) is 0 Å². The quantitative estimate of drug-likeness (QED) is 0.529. The van der Waals surface area contributed by atoms with E-state index < -0.39 is 0 Å². The van der Waals surface area contributed by atoms with Crippen LogP contribution in [0.4, 0.5) is 0 Å². The molecule has 1 atom stereocenters. The molecule has 0 saturated carbocycles. The van der Waals surface area contributed by atoms with Crippen LogP contribution in [0, 0.1) is 0 Å². The molecule has 86 valence electrons. The topological polar surface area (TPSA) is 41.5 Å². The van der Waals surface area contributed by atoms with Gasteiger partial charge in [-0.2, -0.15) is 0 Å². The number of rotatable bonds is 10. The summed E-state index contributed by atoms with van der Waals surface area (Å²) < 4.78 is 5.46. The molecule has 14 heavy (non-hydrogen) atoms. The SMILES string of the molecule is CCCCCOCC(CO)NCCC. The number of ether oxygens (including phenoxy) is 1. The van der Waals surface area contributed by atoms with Crippen LogP contribution in [0.25, 0.3) is 0 Å². The van der Waals surface area contributed by atoms with Crippen molar-refractivity contribution in [2.24, 2.45) is 0 Å². The third-order valence-corrected chi connectivity index (χ3v) is 2.11. The number of aliphatic hydroxyl groups is 1. The van der Waals surface area contributed by atoms with E-state index in [-0.39, 0.29) is 12.6 Å². The minimum absolute atomic E-state index is 0.108. The van der Waals surface area contributed by atoms with Crippen molar-refractivity contribution in [3.8, 4) is 0 Å². The van der Waals surface area contributed by atoms with Gasteiger partial charge < -0.3 is 15.2 Å². The highest BCUT2D eigenvalue weighted by molar-refractivity contribution is 4.63. The first kappa shape index (κ1) is 13.9. The molecule has 0 aliphatic rings. The normalized spacial score (nSPS) is 13.1. The summed E-state index contributed by atoms with van der Waals surface area (Å²) in [6.45, 7) is 6.85. The van der Waals surface area contributed by atoms with Gasteiger partial charge in [-0.1, -0.05) is 26.7 Å². The van der Waals surface area contributed by atoms with Crippen LogP contribution in [-0.4, -0.2) is 37.5 Å². The summed E-state index contributed by atoms with van der Waals surface area (Å²) in [5.74, 6) is 0. The first-order chi connectivity index (χ1) is 6.85. The fraction of sp³-hybridized carbons (Fsp3) is 1.00. The highest BCUT2D eigenvalue weighted by Gasteiger charge is 2.04. The van der Waals surface area contributed by atoms with Gasteiger partial charge >= 0.3 is 0 Å². The first-order valence-electron chi connectivity index (χ1n) is 5.77. The van der Waals surface area contributed by atoms with Gasteiger partial charge in [-0.15, -0.1) is 0 Å². The molecule has 0 aliphatic carbocycles. The molecule has 0 aromatic carbocycles. The van der Waals surface area contributed by atoms with Crippen LogP contribution in [0.15, 0.2) is 0 Å². The van der Waals surface area contributed by atoms with Crippen molar-refractivity contribution in [3.05, 3.63) is 0 Å². The van der Waals surface area contributed by atoms with E-state index in [1.807, 2.05) is 0 Å². The summed E-state index contributed by atoms with van der Waals surface area (Å²) in [6.07, 6.45) is 4.67. The molecule has 0 bridgehead atoms. The second-order valence-electron chi connectivity index (χ2n) is 3.62. The van der Waals surface area contributed by atoms with Gasteiger partial charge in [0.1, 0.15) is 0 Å². The molecule has 0 spiro atoms. The number of nitrogens with one attached hydrogen (secondary N) is 1. The van der Waals surface area contributed by atoms with E-state index >= 15 is 0 Å². The van der Waals surface area contributed by atoms with Crippen LogP contribution < -0.4 is 5.32 Å². The van der Waals surface area contributed by atoms with Crippen LogP contribution in [0.5, 0.6) is 0 Å². The zero-order chi connectivity index (χ0) is 10.6. The Bertz CT molecular complexity index is 109. The van der Waals surface area contributed by atoms with Gasteiger partial charge in [0.05, 0.1) is 19.3 Å². The highest BCUT2D eigenvalue weighted by Crippen LogP contribution is 1.95. The van der Waals surface area contributed by atoms with E-state index in [1.165, 1.54) is 12.8 Å². The molecule has 0 fully saturated rings. The number of unbranched alkanes of at least 4 members (excludes halogenated alkanes) is 2. The van der Waals surface area contributed by atoms with E-state index in [0.717, 1.165) is 26.0 Å². The Labute approximate surface area is 87.8 Å². The zero-order valence-corrected chi connectivity index (χ0v) is 9.59. The molecule has 0 saturated heterocycles. The Hall–Kier alpha value is -0.120. The lowest BCUT2D eigenvalue weighted by Crippen LogP contribution is -2.37. The minimum atomic E-state index is 0.108. The predicted octanol–water partition coefficient (Wildman–Crippen LogP) is 1.55. The molecule has 0 rings (SSSR count). The molecule has 3 heteroatoms. The largest absolute Gasteiger partial charge is 0.395 e. The second-order valence-corrected chi connectivity index (χ2v) is 3.62. The van der Waals surface area contributed by atoms with Gasteiger partial charge in [-0.25, -0.2) is 0 Å². The van der Waals surface area contributed by atoms with Gasteiger partial charge in [0.2, 0.25) is 0 Å². The second kappa shape index (κ2) is 11.0. The Morgan fingerprint density at radius 2 is 2.00 bits per heavy atom. The lowest BCUT2D eigenvalue weighted by atomic mass is 10.3. The Morgan fingerprint density at radius 3 is 2.57 bits per heavy atom. The standard InChI is InChI=1S/C11H25NO2/c1-3-5-6-8-14-10-11(9-13)12-7-4-2/h11-13H,3-10H2,1-2H3. The smallest absolute Gasteiger partial charge is 0.0642 e.